The molecule has 0 aliphatic rings. The molecule has 3 rings (SSSR count). The highest BCUT2D eigenvalue weighted by atomic mass is 16.5. The Bertz CT molecular complexity index is 1070. The van der Waals surface area contributed by atoms with Crippen LogP contribution in [0.5, 0.6) is 23.0 Å². The molecule has 0 aliphatic heterocycles. The lowest BCUT2D eigenvalue weighted by Crippen LogP contribution is -2.21. The summed E-state index contributed by atoms with van der Waals surface area (Å²) in [5.74, 6) is -0.453. The van der Waals surface area contributed by atoms with Crippen LogP contribution in [-0.4, -0.2) is 44.9 Å². The molecular weight excluding hydrogens is 390 g/mol. The van der Waals surface area contributed by atoms with Gasteiger partial charge in [-0.2, -0.15) is 0 Å². The number of esters is 1. The van der Waals surface area contributed by atoms with Crippen LogP contribution in [0.1, 0.15) is 10.4 Å². The molecule has 0 unspecified atom stereocenters. The summed E-state index contributed by atoms with van der Waals surface area (Å²) in [5, 5.41) is 14.2. The van der Waals surface area contributed by atoms with Gasteiger partial charge in [-0.05, 0) is 11.5 Å². The lowest BCUT2D eigenvalue weighted by Gasteiger charge is -2.14. The molecule has 1 amide bonds. The van der Waals surface area contributed by atoms with Crippen LogP contribution in [0.3, 0.4) is 0 Å². The fourth-order valence-corrected chi connectivity index (χ4v) is 2.98. The van der Waals surface area contributed by atoms with Gasteiger partial charge >= 0.3 is 5.97 Å². The van der Waals surface area contributed by atoms with E-state index in [4.69, 9.17) is 18.9 Å². The maximum atomic E-state index is 12.3. The van der Waals surface area contributed by atoms with Crippen LogP contribution in [0.15, 0.2) is 48.5 Å². The number of benzene rings is 3. The highest BCUT2D eigenvalue weighted by Crippen LogP contribution is 2.39. The Morgan fingerprint density at radius 3 is 2.23 bits per heavy atom. The molecule has 0 heterocycles. The first-order valence-electron chi connectivity index (χ1n) is 8.96. The van der Waals surface area contributed by atoms with Crippen LogP contribution in [0.25, 0.3) is 10.8 Å². The van der Waals surface area contributed by atoms with Crippen molar-refractivity contribution in [3.8, 4) is 23.0 Å². The quantitative estimate of drug-likeness (QED) is 0.575. The first-order chi connectivity index (χ1) is 14.5. The van der Waals surface area contributed by atoms with Crippen molar-refractivity contribution in [2.75, 3.05) is 33.3 Å². The molecule has 0 fully saturated rings. The van der Waals surface area contributed by atoms with Gasteiger partial charge in [-0.25, -0.2) is 4.79 Å². The van der Waals surface area contributed by atoms with E-state index in [1.807, 2.05) is 12.1 Å². The number of hydrogen-bond donors (Lipinski definition) is 2. The van der Waals surface area contributed by atoms with Gasteiger partial charge in [0.05, 0.1) is 21.3 Å². The van der Waals surface area contributed by atoms with Crippen LogP contribution in [0.4, 0.5) is 5.69 Å². The number of methoxy groups -OCH3 is 3. The molecule has 3 aromatic rings. The third-order valence-corrected chi connectivity index (χ3v) is 4.40. The van der Waals surface area contributed by atoms with Gasteiger partial charge in [-0.1, -0.05) is 30.3 Å². The van der Waals surface area contributed by atoms with Gasteiger partial charge in [-0.3, -0.25) is 4.79 Å². The van der Waals surface area contributed by atoms with Gasteiger partial charge < -0.3 is 29.4 Å². The standard InChI is InChI=1S/C22H21NO7/c1-27-17-10-14(11-18(28-2)21(17)29-3)23-19(24)12-30-22(26)16-9-8-13-6-4-5-7-15(13)20(16)25/h4-11,25H,12H2,1-3H3,(H,23,24). The third-order valence-electron chi connectivity index (χ3n) is 4.40. The molecule has 8 heteroatoms. The van der Waals surface area contributed by atoms with Crippen molar-refractivity contribution >= 4 is 28.3 Å². The van der Waals surface area contributed by atoms with E-state index in [1.165, 1.54) is 27.4 Å². The summed E-state index contributed by atoms with van der Waals surface area (Å²) in [5.41, 5.74) is 0.355. The Morgan fingerprint density at radius 1 is 0.933 bits per heavy atom. The minimum atomic E-state index is -0.807. The third kappa shape index (κ3) is 4.22. The van der Waals surface area contributed by atoms with Gasteiger partial charge in [0.1, 0.15) is 11.3 Å². The summed E-state index contributed by atoms with van der Waals surface area (Å²) < 4.78 is 20.8. The van der Waals surface area contributed by atoms with Crippen LogP contribution in [0, 0.1) is 0 Å². The molecule has 0 aromatic heterocycles. The number of hydrogen-bond acceptors (Lipinski definition) is 7. The van der Waals surface area contributed by atoms with E-state index < -0.39 is 18.5 Å². The second kappa shape index (κ2) is 9.04. The number of fused-ring (bicyclic) bond motifs is 1. The van der Waals surface area contributed by atoms with E-state index in [1.54, 1.807) is 30.3 Å². The molecular formula is C22H21NO7. The largest absolute Gasteiger partial charge is 0.506 e. The molecule has 8 nitrogen and oxygen atoms in total. The van der Waals surface area contributed by atoms with Gasteiger partial charge in [-0.15, -0.1) is 0 Å². The molecule has 0 atom stereocenters. The minimum absolute atomic E-state index is 0.0192. The molecule has 0 saturated heterocycles. The van der Waals surface area contributed by atoms with Crippen LogP contribution >= 0.6 is 0 Å². The maximum Gasteiger partial charge on any atom is 0.342 e. The van der Waals surface area contributed by atoms with Crippen LogP contribution in [-0.2, 0) is 9.53 Å². The topological polar surface area (TPSA) is 103 Å². The van der Waals surface area contributed by atoms with Gasteiger partial charge in [0.25, 0.3) is 5.91 Å². The van der Waals surface area contributed by atoms with E-state index in [0.717, 1.165) is 5.39 Å². The molecule has 156 valence electrons. The SMILES string of the molecule is COc1cc(NC(=O)COC(=O)c2ccc3ccccc3c2O)cc(OC)c1OC. The molecule has 2 N–H and O–H groups in total. The fourth-order valence-electron chi connectivity index (χ4n) is 2.98. The number of aromatic hydroxyl groups is 1. The summed E-state index contributed by atoms with van der Waals surface area (Å²) >= 11 is 0. The molecule has 3 aromatic carbocycles. The number of amides is 1. The van der Waals surface area contributed by atoms with Gasteiger partial charge in [0.15, 0.2) is 18.1 Å². The van der Waals surface area contributed by atoms with Crippen molar-refractivity contribution in [3.05, 3.63) is 54.1 Å². The molecule has 30 heavy (non-hydrogen) atoms. The van der Waals surface area contributed by atoms with Crippen molar-refractivity contribution in [1.29, 1.82) is 0 Å². The second-order valence-corrected chi connectivity index (χ2v) is 6.22. The zero-order valence-electron chi connectivity index (χ0n) is 16.7. The number of anilines is 1. The highest BCUT2D eigenvalue weighted by molar-refractivity contribution is 6.02. The van der Waals surface area contributed by atoms with Crippen molar-refractivity contribution in [2.24, 2.45) is 0 Å². The number of carbonyl (C=O) groups is 2. The Kier molecular flexibility index (Phi) is 6.26. The summed E-state index contributed by atoms with van der Waals surface area (Å²) in [4.78, 5) is 24.6. The number of phenols is 1. The molecule has 0 bridgehead atoms. The van der Waals surface area contributed by atoms with E-state index in [9.17, 15) is 14.7 Å². The van der Waals surface area contributed by atoms with Gasteiger partial charge in [0.2, 0.25) is 5.75 Å². The fraction of sp³-hybridized carbons (Fsp3) is 0.182. The average molecular weight is 411 g/mol. The Labute approximate surface area is 172 Å². The maximum absolute atomic E-state index is 12.3. The lowest BCUT2D eigenvalue weighted by atomic mass is 10.1. The number of ether oxygens (including phenoxy) is 4. The predicted octanol–water partition coefficient (Wildman–Crippen LogP) is 3.37. The van der Waals surface area contributed by atoms with Crippen molar-refractivity contribution in [2.45, 2.75) is 0 Å². The first-order valence-corrected chi connectivity index (χ1v) is 8.96. The number of phenolic OH excluding ortho intramolecular Hbond substituents is 1. The normalized spacial score (nSPS) is 10.4. The Morgan fingerprint density at radius 2 is 1.60 bits per heavy atom. The van der Waals surface area contributed by atoms with E-state index in [0.29, 0.717) is 28.3 Å². The predicted molar refractivity (Wildman–Crippen MR) is 111 cm³/mol. The number of rotatable bonds is 7. The number of carbonyl (C=O) groups excluding carboxylic acids is 2. The minimum Gasteiger partial charge on any atom is -0.506 e. The van der Waals surface area contributed by atoms with Crippen LogP contribution in [0.2, 0.25) is 0 Å². The van der Waals surface area contributed by atoms with E-state index in [2.05, 4.69) is 5.32 Å². The summed E-state index contributed by atoms with van der Waals surface area (Å²) in [7, 11) is 4.39. The highest BCUT2D eigenvalue weighted by Gasteiger charge is 2.18. The van der Waals surface area contributed by atoms with Crippen LogP contribution < -0.4 is 19.5 Å². The Hall–Kier alpha value is -3.94. The summed E-state index contributed by atoms with van der Waals surface area (Å²) in [6.45, 7) is -0.540. The first kappa shape index (κ1) is 20.8. The van der Waals surface area contributed by atoms with Crippen molar-refractivity contribution in [1.82, 2.24) is 0 Å². The van der Waals surface area contributed by atoms with Gasteiger partial charge in [0, 0.05) is 23.2 Å². The Balaban J connectivity index is 1.69. The monoisotopic (exact) mass is 411 g/mol. The van der Waals surface area contributed by atoms with E-state index in [-0.39, 0.29) is 11.3 Å². The zero-order valence-corrected chi connectivity index (χ0v) is 16.7. The molecule has 0 aliphatic carbocycles. The average Bonchev–Trinajstić information content (AvgIpc) is 2.77. The van der Waals surface area contributed by atoms with E-state index >= 15 is 0 Å². The molecule has 0 radical (unpaired) electrons. The lowest BCUT2D eigenvalue weighted by molar-refractivity contribution is -0.119. The number of nitrogens with one attached hydrogen (secondary N) is 1. The summed E-state index contributed by atoms with van der Waals surface area (Å²) in [6.07, 6.45) is 0. The van der Waals surface area contributed by atoms with Crippen molar-refractivity contribution < 1.29 is 33.6 Å². The second-order valence-electron chi connectivity index (χ2n) is 6.22. The smallest absolute Gasteiger partial charge is 0.342 e. The summed E-state index contributed by atoms with van der Waals surface area (Å²) in [6, 6.07) is 13.3. The molecule has 0 saturated carbocycles. The zero-order chi connectivity index (χ0) is 21.7. The van der Waals surface area contributed by atoms with Crippen molar-refractivity contribution in [3.63, 3.8) is 0 Å². The molecule has 0 spiro atoms.